The van der Waals surface area contributed by atoms with Gasteiger partial charge >= 0.3 is 0 Å². The monoisotopic (exact) mass is 128 g/mol. The van der Waals surface area contributed by atoms with Gasteiger partial charge in [-0.25, -0.2) is 0 Å². The van der Waals surface area contributed by atoms with Crippen molar-refractivity contribution in [3.63, 3.8) is 0 Å². The maximum absolute atomic E-state index is 10.1. The zero-order valence-corrected chi connectivity index (χ0v) is 5.62. The molecular weight excluding hydrogens is 120 g/mol. The molecule has 1 nitrogen and oxygen atoms in total. The van der Waals surface area contributed by atoms with Gasteiger partial charge in [0.25, 0.3) is 0 Å². The molecule has 1 rings (SSSR count). The summed E-state index contributed by atoms with van der Waals surface area (Å²) in [6.45, 7) is 2.02. The number of allylic oxidation sites excluding steroid dienone is 2. The third-order valence-corrected chi connectivity index (χ3v) is 2.43. The Hall–Kier alpha value is -0.240. The van der Waals surface area contributed by atoms with Gasteiger partial charge in [-0.15, -0.1) is 11.8 Å². The molecule has 0 N–H and O–H groups in total. The third-order valence-electron chi connectivity index (χ3n) is 1.26. The fourth-order valence-corrected chi connectivity index (χ4v) is 1.74. The summed E-state index contributed by atoms with van der Waals surface area (Å²) in [5.74, 6) is 1.10. The first-order chi connectivity index (χ1) is 3.84. The molecule has 0 aromatic heterocycles. The first-order valence-corrected chi connectivity index (χ1v) is 3.61. The molecule has 0 saturated carbocycles. The van der Waals surface area contributed by atoms with Crippen LogP contribution in [0.15, 0.2) is 10.5 Å². The van der Waals surface area contributed by atoms with Gasteiger partial charge in [0.15, 0.2) is 6.29 Å². The second-order valence-corrected chi connectivity index (χ2v) is 3.00. The number of carbonyl (C=O) groups excluding carboxylic acids is 1. The van der Waals surface area contributed by atoms with Crippen molar-refractivity contribution >= 4 is 18.0 Å². The van der Waals surface area contributed by atoms with E-state index in [1.165, 1.54) is 5.57 Å². The Balaban J connectivity index is 2.72. The zero-order chi connectivity index (χ0) is 5.98. The maximum Gasteiger partial charge on any atom is 0.156 e. The van der Waals surface area contributed by atoms with Gasteiger partial charge in [-0.05, 0) is 13.3 Å². The van der Waals surface area contributed by atoms with E-state index in [4.69, 9.17) is 0 Å². The molecule has 0 saturated heterocycles. The molecule has 0 aliphatic carbocycles. The molecule has 0 unspecified atom stereocenters. The van der Waals surface area contributed by atoms with E-state index in [1.807, 2.05) is 6.92 Å². The third kappa shape index (κ3) is 0.944. The van der Waals surface area contributed by atoms with Gasteiger partial charge in [0.05, 0.1) is 0 Å². The summed E-state index contributed by atoms with van der Waals surface area (Å²) in [6.07, 6.45) is 2.05. The SMILES string of the molecule is CC1=C(C=O)SCC1. The number of carbonyl (C=O) groups is 1. The van der Waals surface area contributed by atoms with Gasteiger partial charge in [0.1, 0.15) is 0 Å². The first-order valence-electron chi connectivity index (χ1n) is 2.62. The van der Waals surface area contributed by atoms with Gasteiger partial charge < -0.3 is 0 Å². The molecule has 0 atom stereocenters. The van der Waals surface area contributed by atoms with Crippen LogP contribution in [0, 0.1) is 0 Å². The van der Waals surface area contributed by atoms with Crippen molar-refractivity contribution in [1.82, 2.24) is 0 Å². The minimum atomic E-state index is 0.949. The number of rotatable bonds is 1. The van der Waals surface area contributed by atoms with Crippen molar-refractivity contribution in [3.8, 4) is 0 Å². The molecule has 0 aromatic carbocycles. The van der Waals surface area contributed by atoms with Crippen LogP contribution < -0.4 is 0 Å². The highest BCUT2D eigenvalue weighted by atomic mass is 32.2. The second-order valence-electron chi connectivity index (χ2n) is 1.86. The molecule has 0 aromatic rings. The molecule has 0 spiro atoms. The van der Waals surface area contributed by atoms with E-state index < -0.39 is 0 Å². The lowest BCUT2D eigenvalue weighted by Gasteiger charge is -1.85. The average molecular weight is 128 g/mol. The van der Waals surface area contributed by atoms with Gasteiger partial charge in [-0.2, -0.15) is 0 Å². The highest BCUT2D eigenvalue weighted by Crippen LogP contribution is 2.28. The lowest BCUT2D eigenvalue weighted by molar-refractivity contribution is -0.104. The highest BCUT2D eigenvalue weighted by molar-refractivity contribution is 8.04. The largest absolute Gasteiger partial charge is 0.297 e. The normalized spacial score (nSPS) is 19.6. The van der Waals surface area contributed by atoms with Gasteiger partial charge in [0.2, 0.25) is 0 Å². The Morgan fingerprint density at radius 2 is 2.50 bits per heavy atom. The summed E-state index contributed by atoms with van der Waals surface area (Å²) in [4.78, 5) is 11.1. The fraction of sp³-hybridized carbons (Fsp3) is 0.500. The quantitative estimate of drug-likeness (QED) is 0.499. The van der Waals surface area contributed by atoms with Crippen LogP contribution in [0.25, 0.3) is 0 Å². The van der Waals surface area contributed by atoms with E-state index in [9.17, 15) is 4.79 Å². The van der Waals surface area contributed by atoms with Crippen LogP contribution in [0.2, 0.25) is 0 Å². The molecule has 0 radical (unpaired) electrons. The van der Waals surface area contributed by atoms with Crippen molar-refractivity contribution in [2.75, 3.05) is 5.75 Å². The highest BCUT2D eigenvalue weighted by Gasteiger charge is 2.08. The van der Waals surface area contributed by atoms with E-state index >= 15 is 0 Å². The van der Waals surface area contributed by atoms with Gasteiger partial charge in [-0.1, -0.05) is 5.57 Å². The lowest BCUT2D eigenvalue weighted by Crippen LogP contribution is -1.74. The number of aldehydes is 1. The Labute approximate surface area is 53.2 Å². The molecule has 1 aliphatic heterocycles. The van der Waals surface area contributed by atoms with Crippen LogP contribution in [0.3, 0.4) is 0 Å². The van der Waals surface area contributed by atoms with E-state index in [0.717, 1.165) is 23.4 Å². The van der Waals surface area contributed by atoms with Crippen molar-refractivity contribution in [1.29, 1.82) is 0 Å². The summed E-state index contributed by atoms with van der Waals surface area (Å²) in [7, 11) is 0. The Kier molecular flexibility index (Phi) is 1.73. The molecule has 1 aliphatic rings. The van der Waals surface area contributed by atoms with Crippen LogP contribution in [-0.4, -0.2) is 12.0 Å². The second kappa shape index (κ2) is 2.35. The molecule has 8 heavy (non-hydrogen) atoms. The minimum Gasteiger partial charge on any atom is -0.297 e. The predicted molar refractivity (Wildman–Crippen MR) is 35.8 cm³/mol. The van der Waals surface area contributed by atoms with Crippen molar-refractivity contribution < 1.29 is 4.79 Å². The smallest absolute Gasteiger partial charge is 0.156 e. The van der Waals surface area contributed by atoms with E-state index in [0.29, 0.717) is 0 Å². The number of hydrogen-bond donors (Lipinski definition) is 0. The molecule has 1 heterocycles. The zero-order valence-electron chi connectivity index (χ0n) is 4.81. The van der Waals surface area contributed by atoms with E-state index in [1.54, 1.807) is 11.8 Å². The van der Waals surface area contributed by atoms with Crippen LogP contribution in [-0.2, 0) is 4.79 Å². The molecule has 0 bridgehead atoms. The fourth-order valence-electron chi connectivity index (χ4n) is 0.695. The lowest BCUT2D eigenvalue weighted by atomic mass is 10.2. The first kappa shape index (κ1) is 5.89. The van der Waals surface area contributed by atoms with Crippen molar-refractivity contribution in [2.45, 2.75) is 13.3 Å². The van der Waals surface area contributed by atoms with Crippen LogP contribution in [0.5, 0.6) is 0 Å². The van der Waals surface area contributed by atoms with Crippen molar-refractivity contribution in [3.05, 3.63) is 10.5 Å². The summed E-state index contributed by atoms with van der Waals surface area (Å²) >= 11 is 1.66. The standard InChI is InChI=1S/C6H8OS/c1-5-2-3-8-6(5)4-7/h4H,2-3H2,1H3. The summed E-state index contributed by atoms with van der Waals surface area (Å²) in [5, 5.41) is 0. The molecule has 2 heteroatoms. The van der Waals surface area contributed by atoms with Crippen LogP contribution >= 0.6 is 11.8 Å². The average Bonchev–Trinajstić information content (AvgIpc) is 2.14. The summed E-state index contributed by atoms with van der Waals surface area (Å²) < 4.78 is 0. The number of thioether (sulfide) groups is 1. The summed E-state index contributed by atoms with van der Waals surface area (Å²) in [5.41, 5.74) is 1.25. The van der Waals surface area contributed by atoms with Crippen LogP contribution in [0.1, 0.15) is 13.3 Å². The topological polar surface area (TPSA) is 17.1 Å². The molecule has 0 fully saturated rings. The maximum atomic E-state index is 10.1. The summed E-state index contributed by atoms with van der Waals surface area (Å²) in [6, 6.07) is 0. The van der Waals surface area contributed by atoms with Gasteiger partial charge in [-0.3, -0.25) is 4.79 Å². The molecule has 44 valence electrons. The van der Waals surface area contributed by atoms with E-state index in [2.05, 4.69) is 0 Å². The Morgan fingerprint density at radius 3 is 2.75 bits per heavy atom. The predicted octanol–water partition coefficient (Wildman–Crippen LogP) is 1.60. The Bertz CT molecular complexity index is 137. The van der Waals surface area contributed by atoms with Gasteiger partial charge in [0, 0.05) is 10.7 Å². The minimum absolute atomic E-state index is 0.949. The van der Waals surface area contributed by atoms with Crippen LogP contribution in [0.4, 0.5) is 0 Å². The van der Waals surface area contributed by atoms with Crippen molar-refractivity contribution in [2.24, 2.45) is 0 Å². The van der Waals surface area contributed by atoms with E-state index in [-0.39, 0.29) is 0 Å². The molecular formula is C6H8OS. The number of hydrogen-bond acceptors (Lipinski definition) is 2. The Morgan fingerprint density at radius 1 is 1.75 bits per heavy atom. The molecule has 0 amide bonds.